The number of thiazole rings is 1. The minimum atomic E-state index is -0.296. The Balaban J connectivity index is 1.91. The molecular weight excluding hydrogens is 387 g/mol. The van der Waals surface area contributed by atoms with E-state index in [0.717, 1.165) is 30.0 Å². The smallest absolute Gasteiger partial charge is 0.260 e. The van der Waals surface area contributed by atoms with Gasteiger partial charge in [0.15, 0.2) is 5.13 Å². The van der Waals surface area contributed by atoms with E-state index >= 15 is 0 Å². The highest BCUT2D eigenvalue weighted by atomic mass is 32.1. The van der Waals surface area contributed by atoms with Gasteiger partial charge in [-0.1, -0.05) is 11.3 Å². The zero-order valence-corrected chi connectivity index (χ0v) is 18.2. The second-order valence-corrected chi connectivity index (χ2v) is 8.25. The molecule has 0 atom stereocenters. The van der Waals surface area contributed by atoms with Gasteiger partial charge < -0.3 is 9.80 Å². The molecule has 0 aliphatic heterocycles. The molecule has 0 radical (unpaired) electrons. The fourth-order valence-electron chi connectivity index (χ4n) is 3.18. The zero-order valence-electron chi connectivity index (χ0n) is 17.4. The highest BCUT2D eigenvalue weighted by molar-refractivity contribution is 7.22. The molecule has 2 aromatic carbocycles. The van der Waals surface area contributed by atoms with Crippen molar-refractivity contribution in [1.82, 2.24) is 4.98 Å². The average molecular weight is 416 g/mol. The third kappa shape index (κ3) is 4.92. The van der Waals surface area contributed by atoms with E-state index in [9.17, 15) is 9.18 Å². The van der Waals surface area contributed by atoms with Crippen LogP contribution in [0.2, 0.25) is 0 Å². The molecule has 154 valence electrons. The van der Waals surface area contributed by atoms with Crippen molar-refractivity contribution in [1.29, 1.82) is 0 Å². The van der Waals surface area contributed by atoms with E-state index in [-0.39, 0.29) is 11.7 Å². The standard InChI is InChI=1S/C22H27FN4OS/c1-5-26(6-2)18-10-7-16(8-11-18)21(28)27(14-13-25(3)4)22-24-19-12-9-17(23)15-20(19)29-22/h7-12,15H,5-6,13-14H2,1-4H3/p+1. The summed E-state index contributed by atoms with van der Waals surface area (Å²) in [6, 6.07) is 12.2. The number of carbonyl (C=O) groups excluding carboxylic acids is 1. The Morgan fingerprint density at radius 2 is 1.79 bits per heavy atom. The highest BCUT2D eigenvalue weighted by Crippen LogP contribution is 2.30. The van der Waals surface area contributed by atoms with Crippen molar-refractivity contribution >= 4 is 38.3 Å². The van der Waals surface area contributed by atoms with Crippen LogP contribution in [0.25, 0.3) is 10.2 Å². The van der Waals surface area contributed by atoms with E-state index < -0.39 is 0 Å². The van der Waals surface area contributed by atoms with Crippen molar-refractivity contribution in [2.45, 2.75) is 13.8 Å². The van der Waals surface area contributed by atoms with Crippen LogP contribution in [-0.2, 0) is 0 Å². The summed E-state index contributed by atoms with van der Waals surface area (Å²) in [7, 11) is 4.10. The van der Waals surface area contributed by atoms with Crippen molar-refractivity contribution in [3.8, 4) is 0 Å². The number of anilines is 2. The summed E-state index contributed by atoms with van der Waals surface area (Å²) in [5, 5.41) is 0.602. The van der Waals surface area contributed by atoms with Gasteiger partial charge >= 0.3 is 0 Å². The van der Waals surface area contributed by atoms with E-state index in [1.807, 2.05) is 24.3 Å². The lowest BCUT2D eigenvalue weighted by Crippen LogP contribution is -3.06. The number of likely N-dealkylation sites (N-methyl/N-ethyl adjacent to an activating group) is 1. The molecule has 0 unspecified atom stereocenters. The number of nitrogens with zero attached hydrogens (tertiary/aromatic N) is 3. The van der Waals surface area contributed by atoms with Gasteiger partial charge in [0.2, 0.25) is 0 Å². The number of rotatable bonds is 8. The number of hydrogen-bond acceptors (Lipinski definition) is 4. The largest absolute Gasteiger partial charge is 0.372 e. The molecule has 3 rings (SSSR count). The average Bonchev–Trinajstić information content (AvgIpc) is 3.12. The normalized spacial score (nSPS) is 11.2. The van der Waals surface area contributed by atoms with E-state index in [2.05, 4.69) is 37.8 Å². The Kier molecular flexibility index (Phi) is 6.82. The second-order valence-electron chi connectivity index (χ2n) is 7.24. The summed E-state index contributed by atoms with van der Waals surface area (Å²) in [4.78, 5) is 23.1. The first kappa shape index (κ1) is 21.2. The lowest BCUT2D eigenvalue weighted by Gasteiger charge is -2.23. The van der Waals surface area contributed by atoms with Crippen molar-refractivity contribution in [2.75, 3.05) is 50.1 Å². The summed E-state index contributed by atoms with van der Waals surface area (Å²) in [6.07, 6.45) is 0. The quantitative estimate of drug-likeness (QED) is 0.615. The Bertz CT molecular complexity index is 967. The van der Waals surface area contributed by atoms with Crippen LogP contribution < -0.4 is 14.7 Å². The van der Waals surface area contributed by atoms with Crippen molar-refractivity contribution < 1.29 is 14.1 Å². The van der Waals surface area contributed by atoms with Crippen molar-refractivity contribution in [3.05, 3.63) is 53.8 Å². The molecule has 1 N–H and O–H groups in total. The molecule has 0 aliphatic carbocycles. The molecule has 0 saturated carbocycles. The molecule has 0 aliphatic rings. The molecule has 1 aromatic heterocycles. The summed E-state index contributed by atoms with van der Waals surface area (Å²) >= 11 is 1.35. The molecule has 0 spiro atoms. The Labute approximate surface area is 175 Å². The maximum atomic E-state index is 13.6. The number of quaternary nitrogens is 1. The van der Waals surface area contributed by atoms with Gasteiger partial charge in [0.1, 0.15) is 5.82 Å². The number of aromatic nitrogens is 1. The Morgan fingerprint density at radius 3 is 2.41 bits per heavy atom. The first-order valence-corrected chi connectivity index (χ1v) is 10.8. The topological polar surface area (TPSA) is 40.9 Å². The van der Waals surface area contributed by atoms with Gasteiger partial charge in [-0.3, -0.25) is 9.69 Å². The van der Waals surface area contributed by atoms with Gasteiger partial charge in [-0.05, 0) is 56.3 Å². The third-order valence-electron chi connectivity index (χ3n) is 4.89. The van der Waals surface area contributed by atoms with Crippen LogP contribution in [0, 0.1) is 5.82 Å². The van der Waals surface area contributed by atoms with Crippen molar-refractivity contribution in [2.24, 2.45) is 0 Å². The molecule has 1 amide bonds. The number of nitrogens with one attached hydrogen (secondary N) is 1. The van der Waals surface area contributed by atoms with Crippen LogP contribution >= 0.6 is 11.3 Å². The number of amides is 1. The van der Waals surface area contributed by atoms with Gasteiger partial charge in [0, 0.05) is 24.3 Å². The van der Waals surface area contributed by atoms with Crippen molar-refractivity contribution in [3.63, 3.8) is 0 Å². The molecule has 7 heteroatoms. The Hall–Kier alpha value is -2.51. The van der Waals surface area contributed by atoms with Gasteiger partial charge in [-0.2, -0.15) is 0 Å². The Morgan fingerprint density at radius 1 is 1.10 bits per heavy atom. The summed E-state index contributed by atoms with van der Waals surface area (Å²) in [5.74, 6) is -0.382. The number of fused-ring (bicyclic) bond motifs is 1. The summed E-state index contributed by atoms with van der Waals surface area (Å²) in [5.41, 5.74) is 2.43. The summed E-state index contributed by atoms with van der Waals surface area (Å²) < 4.78 is 14.3. The SMILES string of the molecule is CCN(CC)c1ccc(C(=O)N(CC[NH+](C)C)c2nc3ccc(F)cc3s2)cc1. The molecule has 0 saturated heterocycles. The zero-order chi connectivity index (χ0) is 21.0. The van der Waals surface area contributed by atoms with Gasteiger partial charge in [0.05, 0.1) is 37.4 Å². The fraction of sp³-hybridized carbons (Fsp3) is 0.364. The van der Waals surface area contributed by atoms with E-state index in [4.69, 9.17) is 0 Å². The molecule has 29 heavy (non-hydrogen) atoms. The van der Waals surface area contributed by atoms with Crippen LogP contribution in [0.15, 0.2) is 42.5 Å². The van der Waals surface area contributed by atoms with Gasteiger partial charge in [0.25, 0.3) is 5.91 Å². The minimum Gasteiger partial charge on any atom is -0.372 e. The second kappa shape index (κ2) is 9.33. The molecular formula is C22H28FN4OS+. The fourth-order valence-corrected chi connectivity index (χ4v) is 4.20. The van der Waals surface area contributed by atoms with E-state index in [0.29, 0.717) is 22.8 Å². The predicted octanol–water partition coefficient (Wildman–Crippen LogP) is 3.07. The minimum absolute atomic E-state index is 0.0862. The molecule has 3 aromatic rings. The maximum Gasteiger partial charge on any atom is 0.260 e. The van der Waals surface area contributed by atoms with Gasteiger partial charge in [-0.15, -0.1) is 0 Å². The van der Waals surface area contributed by atoms with Crippen LogP contribution in [0.3, 0.4) is 0 Å². The van der Waals surface area contributed by atoms with Crippen LogP contribution in [0.1, 0.15) is 24.2 Å². The first-order valence-electron chi connectivity index (χ1n) is 9.95. The monoisotopic (exact) mass is 415 g/mol. The summed E-state index contributed by atoms with van der Waals surface area (Å²) in [6.45, 7) is 7.40. The van der Waals surface area contributed by atoms with Crippen LogP contribution in [0.5, 0.6) is 0 Å². The number of benzene rings is 2. The lowest BCUT2D eigenvalue weighted by atomic mass is 10.1. The molecule has 0 bridgehead atoms. The van der Waals surface area contributed by atoms with Gasteiger partial charge in [-0.25, -0.2) is 9.37 Å². The predicted molar refractivity (Wildman–Crippen MR) is 119 cm³/mol. The molecule has 1 heterocycles. The van der Waals surface area contributed by atoms with Crippen LogP contribution in [-0.4, -0.2) is 51.2 Å². The first-order chi connectivity index (χ1) is 13.9. The van der Waals surface area contributed by atoms with E-state index in [1.54, 1.807) is 11.0 Å². The molecule has 0 fully saturated rings. The number of carbonyl (C=O) groups is 1. The highest BCUT2D eigenvalue weighted by Gasteiger charge is 2.22. The number of hydrogen-bond donors (Lipinski definition) is 1. The van der Waals surface area contributed by atoms with Crippen LogP contribution in [0.4, 0.5) is 15.2 Å². The third-order valence-corrected chi connectivity index (χ3v) is 5.93. The lowest BCUT2D eigenvalue weighted by molar-refractivity contribution is -0.856. The maximum absolute atomic E-state index is 13.6. The molecule has 5 nitrogen and oxygen atoms in total. The van der Waals surface area contributed by atoms with E-state index in [1.165, 1.54) is 28.4 Å². The number of halogens is 1.